The average Bonchev–Trinajstić information content (AvgIpc) is 3.22. The lowest BCUT2D eigenvalue weighted by Crippen LogP contribution is -2.60. The van der Waals surface area contributed by atoms with E-state index in [1.54, 1.807) is 0 Å². The van der Waals surface area contributed by atoms with E-state index >= 15 is 0 Å². The van der Waals surface area contributed by atoms with Gasteiger partial charge >= 0.3 is 5.97 Å². The number of benzene rings is 1. The number of carbonyl (C=O) groups is 1. The van der Waals surface area contributed by atoms with Gasteiger partial charge in [0.2, 0.25) is 0 Å². The molecule has 0 heterocycles. The minimum atomic E-state index is -0.160. The molecule has 0 amide bonds. The number of ether oxygens (including phenoxy) is 1. The Bertz CT molecular complexity index is 944. The van der Waals surface area contributed by atoms with E-state index < -0.39 is 0 Å². The molecule has 0 spiro atoms. The van der Waals surface area contributed by atoms with Crippen LogP contribution in [0.4, 0.5) is 0 Å². The molecular formula is C34H51BrO2. The third-order valence-corrected chi connectivity index (χ3v) is 13.8. The number of alkyl halides is 1. The van der Waals surface area contributed by atoms with Gasteiger partial charge in [0.25, 0.3) is 0 Å². The van der Waals surface area contributed by atoms with E-state index in [4.69, 9.17) is 4.74 Å². The summed E-state index contributed by atoms with van der Waals surface area (Å²) in [4.78, 5) is 12.8. The van der Waals surface area contributed by atoms with Crippen LogP contribution >= 0.6 is 15.9 Å². The third kappa shape index (κ3) is 4.98. The van der Waals surface area contributed by atoms with Crippen molar-refractivity contribution in [2.24, 2.45) is 46.3 Å². The lowest BCUT2D eigenvalue weighted by molar-refractivity contribution is -0.116. The van der Waals surface area contributed by atoms with Gasteiger partial charge in [-0.2, -0.15) is 0 Å². The van der Waals surface area contributed by atoms with Gasteiger partial charge in [0.15, 0.2) is 0 Å². The SMILES string of the molecule is CC(C)CCC[C@H](C)[C@@H]1CC[C@@H]2[C@@H]3CC[C@@]4(Br)C[C@@H](OC(=O)c5ccccc5)CC[C@]4(C)[C@H]3CC[C@@]21C. The van der Waals surface area contributed by atoms with Gasteiger partial charge in [-0.05, 0) is 110 Å². The van der Waals surface area contributed by atoms with Gasteiger partial charge in [-0.25, -0.2) is 4.79 Å². The lowest BCUT2D eigenvalue weighted by Gasteiger charge is -2.64. The molecule has 3 heteroatoms. The lowest BCUT2D eigenvalue weighted by atomic mass is 9.44. The van der Waals surface area contributed by atoms with E-state index in [1.807, 2.05) is 30.3 Å². The number of esters is 1. The van der Waals surface area contributed by atoms with Crippen molar-refractivity contribution in [3.8, 4) is 0 Å². The Morgan fingerprint density at radius 1 is 0.946 bits per heavy atom. The molecular weight excluding hydrogens is 520 g/mol. The first-order valence-corrected chi connectivity index (χ1v) is 16.3. The Balaban J connectivity index is 1.26. The highest BCUT2D eigenvalue weighted by molar-refractivity contribution is 9.10. The van der Waals surface area contributed by atoms with Crippen LogP contribution in [0.3, 0.4) is 0 Å². The third-order valence-electron chi connectivity index (χ3n) is 12.2. The van der Waals surface area contributed by atoms with E-state index in [0.717, 1.165) is 48.3 Å². The van der Waals surface area contributed by atoms with E-state index in [0.29, 0.717) is 16.4 Å². The molecule has 206 valence electrons. The summed E-state index contributed by atoms with van der Waals surface area (Å²) >= 11 is 4.35. The van der Waals surface area contributed by atoms with Crippen LogP contribution in [-0.2, 0) is 4.74 Å². The highest BCUT2D eigenvalue weighted by Gasteiger charge is 2.64. The molecule has 4 aliphatic carbocycles. The molecule has 5 rings (SSSR count). The normalized spacial score (nSPS) is 42.0. The molecule has 0 saturated heterocycles. The van der Waals surface area contributed by atoms with Gasteiger partial charge < -0.3 is 4.74 Å². The van der Waals surface area contributed by atoms with Crippen LogP contribution in [0.25, 0.3) is 0 Å². The topological polar surface area (TPSA) is 26.3 Å². The van der Waals surface area contributed by atoms with Crippen molar-refractivity contribution in [1.82, 2.24) is 0 Å². The number of halogens is 1. The molecule has 1 aromatic carbocycles. The van der Waals surface area contributed by atoms with Gasteiger partial charge in [0.05, 0.1) is 5.56 Å². The highest BCUT2D eigenvalue weighted by Crippen LogP contribution is 2.71. The van der Waals surface area contributed by atoms with E-state index in [2.05, 4.69) is 50.5 Å². The van der Waals surface area contributed by atoms with Gasteiger partial charge in [-0.3, -0.25) is 0 Å². The number of hydrogen-bond donors (Lipinski definition) is 0. The van der Waals surface area contributed by atoms with Crippen molar-refractivity contribution in [2.75, 3.05) is 0 Å². The fourth-order valence-electron chi connectivity index (χ4n) is 10.1. The monoisotopic (exact) mass is 570 g/mol. The van der Waals surface area contributed by atoms with Gasteiger partial charge in [-0.15, -0.1) is 0 Å². The standard InChI is InChI=1S/C34H51BrO2/c1-23(2)10-9-11-24(3)28-14-15-29-27-17-21-34(35)22-26(37-31(36)25-12-7-6-8-13-25)16-20-33(34,5)30(27)18-19-32(28,29)4/h6-8,12-13,23-24,26-30H,9-11,14-22H2,1-5H3/t24-,26-,27-,28-,29+,30-,32+,33+,34+/m0/s1. The fraction of sp³-hybridized carbons (Fsp3) is 0.794. The van der Waals surface area contributed by atoms with Crippen molar-refractivity contribution in [1.29, 1.82) is 0 Å². The van der Waals surface area contributed by atoms with Gasteiger partial charge in [-0.1, -0.05) is 88.0 Å². The first-order chi connectivity index (χ1) is 17.6. The summed E-state index contributed by atoms with van der Waals surface area (Å²) in [5.74, 6) is 5.05. The number of carbonyl (C=O) groups excluding carboxylic acids is 1. The van der Waals surface area contributed by atoms with Crippen LogP contribution in [0.5, 0.6) is 0 Å². The Labute approximate surface area is 235 Å². The number of fused-ring (bicyclic) bond motifs is 5. The molecule has 0 N–H and O–H groups in total. The summed E-state index contributed by atoms with van der Waals surface area (Å²) in [5.41, 5.74) is 1.51. The quantitative estimate of drug-likeness (QED) is 0.241. The predicted molar refractivity (Wildman–Crippen MR) is 157 cm³/mol. The minimum Gasteiger partial charge on any atom is -0.459 e. The second kappa shape index (κ2) is 10.6. The molecule has 37 heavy (non-hydrogen) atoms. The molecule has 4 saturated carbocycles. The van der Waals surface area contributed by atoms with E-state index in [-0.39, 0.29) is 16.4 Å². The van der Waals surface area contributed by atoms with Crippen LogP contribution in [-0.4, -0.2) is 16.4 Å². The Kier molecular flexibility index (Phi) is 7.96. The van der Waals surface area contributed by atoms with E-state index in [9.17, 15) is 4.79 Å². The molecule has 0 unspecified atom stereocenters. The summed E-state index contributed by atoms with van der Waals surface area (Å²) in [6, 6.07) is 9.51. The first-order valence-electron chi connectivity index (χ1n) is 15.5. The molecule has 0 bridgehead atoms. The van der Waals surface area contributed by atoms with Crippen LogP contribution in [0.15, 0.2) is 30.3 Å². The van der Waals surface area contributed by atoms with Crippen molar-refractivity contribution < 1.29 is 9.53 Å². The van der Waals surface area contributed by atoms with E-state index in [1.165, 1.54) is 64.2 Å². The van der Waals surface area contributed by atoms with Gasteiger partial charge in [0, 0.05) is 10.7 Å². The summed E-state index contributed by atoms with van der Waals surface area (Å²) in [5, 5.41) is 0. The Hall–Kier alpha value is -0.830. The molecule has 4 fully saturated rings. The largest absolute Gasteiger partial charge is 0.459 e. The fourth-order valence-corrected chi connectivity index (χ4v) is 11.2. The number of hydrogen-bond acceptors (Lipinski definition) is 2. The Morgan fingerprint density at radius 2 is 1.70 bits per heavy atom. The maximum Gasteiger partial charge on any atom is 0.338 e. The molecule has 2 nitrogen and oxygen atoms in total. The van der Waals surface area contributed by atoms with Gasteiger partial charge in [0.1, 0.15) is 6.10 Å². The smallest absolute Gasteiger partial charge is 0.338 e. The van der Waals surface area contributed by atoms with Crippen LogP contribution < -0.4 is 0 Å². The summed E-state index contributed by atoms with van der Waals surface area (Å²) in [6.45, 7) is 12.6. The van der Waals surface area contributed by atoms with Crippen molar-refractivity contribution in [2.45, 2.75) is 122 Å². The van der Waals surface area contributed by atoms with Crippen molar-refractivity contribution in [3.05, 3.63) is 35.9 Å². The zero-order valence-corrected chi connectivity index (χ0v) is 25.7. The molecule has 0 aliphatic heterocycles. The zero-order chi connectivity index (χ0) is 26.4. The molecule has 1 aromatic rings. The second-order valence-corrected chi connectivity index (χ2v) is 16.0. The molecule has 9 atom stereocenters. The molecule has 0 aromatic heterocycles. The van der Waals surface area contributed by atoms with Crippen molar-refractivity contribution in [3.63, 3.8) is 0 Å². The maximum absolute atomic E-state index is 12.8. The van der Waals surface area contributed by atoms with Crippen molar-refractivity contribution >= 4 is 21.9 Å². The minimum absolute atomic E-state index is 0.0214. The molecule has 4 aliphatic rings. The highest BCUT2D eigenvalue weighted by atomic mass is 79.9. The first kappa shape index (κ1) is 27.7. The summed E-state index contributed by atoms with van der Waals surface area (Å²) < 4.78 is 6.17. The molecule has 0 radical (unpaired) electrons. The second-order valence-electron chi connectivity index (χ2n) is 14.5. The summed E-state index contributed by atoms with van der Waals surface area (Å²) in [6.07, 6.45) is 15.7. The van der Waals surface area contributed by atoms with Crippen LogP contribution in [0.1, 0.15) is 122 Å². The Morgan fingerprint density at radius 3 is 2.43 bits per heavy atom. The predicted octanol–water partition coefficient (Wildman–Crippen LogP) is 9.85. The number of rotatable bonds is 7. The zero-order valence-electron chi connectivity index (χ0n) is 24.1. The average molecular weight is 572 g/mol. The summed E-state index contributed by atoms with van der Waals surface area (Å²) in [7, 11) is 0. The van der Waals surface area contributed by atoms with Crippen LogP contribution in [0, 0.1) is 46.3 Å². The van der Waals surface area contributed by atoms with Crippen LogP contribution in [0.2, 0.25) is 0 Å². The maximum atomic E-state index is 12.8.